The van der Waals surface area contributed by atoms with E-state index in [4.69, 9.17) is 4.74 Å². The molecule has 2 rings (SSSR count). The molecule has 1 aromatic heterocycles. The summed E-state index contributed by atoms with van der Waals surface area (Å²) in [5.74, 6) is 0.379. The van der Waals surface area contributed by atoms with Crippen LogP contribution in [-0.4, -0.2) is 60.9 Å². The number of hydrogen-bond acceptors (Lipinski definition) is 6. The van der Waals surface area contributed by atoms with Crippen molar-refractivity contribution in [2.45, 2.75) is 25.9 Å². The molecule has 0 spiro atoms. The molecular weight excluding hydrogens is 264 g/mol. The van der Waals surface area contributed by atoms with E-state index in [1.54, 1.807) is 30.3 Å². The normalized spacial score (nSPS) is 19.8. The number of ether oxygens (including phenoxy) is 1. The molecule has 106 valence electrons. The van der Waals surface area contributed by atoms with Gasteiger partial charge in [-0.05, 0) is 0 Å². The van der Waals surface area contributed by atoms with E-state index in [0.717, 1.165) is 16.7 Å². The van der Waals surface area contributed by atoms with Crippen LogP contribution in [0.15, 0.2) is 0 Å². The van der Waals surface area contributed by atoms with Crippen LogP contribution in [0.25, 0.3) is 0 Å². The molecule has 0 N–H and O–H groups in total. The molecule has 0 aliphatic carbocycles. The van der Waals surface area contributed by atoms with Crippen LogP contribution in [0.4, 0.5) is 5.13 Å². The van der Waals surface area contributed by atoms with E-state index in [9.17, 15) is 4.79 Å². The maximum atomic E-state index is 11.9. The SMILES string of the molecule is CC(C)c1nnc(N2CCOC(C(=O)N(C)C)C2)s1. The Morgan fingerprint density at radius 1 is 1.47 bits per heavy atom. The van der Waals surface area contributed by atoms with Gasteiger partial charge in [-0.1, -0.05) is 25.2 Å². The summed E-state index contributed by atoms with van der Waals surface area (Å²) in [7, 11) is 3.49. The number of rotatable bonds is 3. The van der Waals surface area contributed by atoms with Crippen molar-refractivity contribution in [2.24, 2.45) is 0 Å². The minimum atomic E-state index is -0.407. The fourth-order valence-electron chi connectivity index (χ4n) is 1.85. The molecule has 2 heterocycles. The Labute approximate surface area is 117 Å². The third-order valence-electron chi connectivity index (χ3n) is 2.98. The molecule has 0 aromatic carbocycles. The largest absolute Gasteiger partial charge is 0.365 e. The second-order valence-corrected chi connectivity index (χ2v) is 6.10. The summed E-state index contributed by atoms with van der Waals surface area (Å²) in [5.41, 5.74) is 0. The molecule has 19 heavy (non-hydrogen) atoms. The van der Waals surface area contributed by atoms with Crippen molar-refractivity contribution in [3.8, 4) is 0 Å². The van der Waals surface area contributed by atoms with Gasteiger partial charge in [-0.2, -0.15) is 0 Å². The standard InChI is InChI=1S/C12H20N4O2S/c1-8(2)10-13-14-12(19-10)16-5-6-18-9(7-16)11(17)15(3)4/h8-9H,5-7H2,1-4H3. The fraction of sp³-hybridized carbons (Fsp3) is 0.750. The fourth-order valence-corrected chi connectivity index (χ4v) is 2.73. The minimum absolute atomic E-state index is 0.00158. The lowest BCUT2D eigenvalue weighted by molar-refractivity contribution is -0.141. The highest BCUT2D eigenvalue weighted by atomic mass is 32.1. The molecule has 0 saturated carbocycles. The van der Waals surface area contributed by atoms with Crippen LogP contribution in [0.2, 0.25) is 0 Å². The summed E-state index contributed by atoms with van der Waals surface area (Å²) in [6.07, 6.45) is -0.407. The summed E-state index contributed by atoms with van der Waals surface area (Å²) in [4.78, 5) is 15.6. The van der Waals surface area contributed by atoms with Gasteiger partial charge in [0.15, 0.2) is 6.10 Å². The zero-order valence-electron chi connectivity index (χ0n) is 11.8. The van der Waals surface area contributed by atoms with E-state index < -0.39 is 6.10 Å². The first kappa shape index (κ1) is 14.2. The first-order valence-corrected chi connectivity index (χ1v) is 7.21. The highest BCUT2D eigenvalue weighted by Crippen LogP contribution is 2.26. The Morgan fingerprint density at radius 2 is 2.21 bits per heavy atom. The third kappa shape index (κ3) is 3.22. The summed E-state index contributed by atoms with van der Waals surface area (Å²) >= 11 is 1.59. The van der Waals surface area contributed by atoms with Crippen LogP contribution in [0.5, 0.6) is 0 Å². The van der Waals surface area contributed by atoms with Gasteiger partial charge in [-0.3, -0.25) is 4.79 Å². The Morgan fingerprint density at radius 3 is 2.79 bits per heavy atom. The Kier molecular flexibility index (Phi) is 4.36. The average molecular weight is 284 g/mol. The second-order valence-electron chi connectivity index (χ2n) is 5.12. The van der Waals surface area contributed by atoms with Crippen LogP contribution < -0.4 is 4.90 Å². The van der Waals surface area contributed by atoms with Gasteiger partial charge in [0, 0.05) is 26.6 Å². The predicted octanol–water partition coefficient (Wildman–Crippen LogP) is 0.955. The quantitative estimate of drug-likeness (QED) is 0.827. The monoisotopic (exact) mass is 284 g/mol. The third-order valence-corrected chi connectivity index (χ3v) is 4.26. The first-order valence-electron chi connectivity index (χ1n) is 6.40. The molecule has 0 radical (unpaired) electrons. The number of morpholine rings is 1. The summed E-state index contributed by atoms with van der Waals surface area (Å²) in [5, 5.41) is 10.3. The number of aromatic nitrogens is 2. The smallest absolute Gasteiger partial charge is 0.253 e. The van der Waals surface area contributed by atoms with Gasteiger partial charge in [0.1, 0.15) is 5.01 Å². The van der Waals surface area contributed by atoms with Gasteiger partial charge >= 0.3 is 0 Å². The van der Waals surface area contributed by atoms with Crippen molar-refractivity contribution in [3.63, 3.8) is 0 Å². The van der Waals surface area contributed by atoms with E-state index in [-0.39, 0.29) is 5.91 Å². The van der Waals surface area contributed by atoms with Gasteiger partial charge in [-0.25, -0.2) is 0 Å². The number of amides is 1. The molecule has 1 aliphatic rings. The number of hydrogen-bond donors (Lipinski definition) is 0. The lowest BCUT2D eigenvalue weighted by Crippen LogP contribution is -2.49. The zero-order chi connectivity index (χ0) is 14.0. The lowest BCUT2D eigenvalue weighted by Gasteiger charge is -2.32. The van der Waals surface area contributed by atoms with Crippen LogP contribution >= 0.6 is 11.3 Å². The first-order chi connectivity index (χ1) is 8.99. The molecule has 7 heteroatoms. The van der Waals surface area contributed by atoms with Gasteiger partial charge in [-0.15, -0.1) is 10.2 Å². The van der Waals surface area contributed by atoms with Crippen molar-refractivity contribution < 1.29 is 9.53 Å². The molecule has 1 aliphatic heterocycles. The lowest BCUT2D eigenvalue weighted by atomic mass is 10.2. The van der Waals surface area contributed by atoms with E-state index in [1.165, 1.54) is 0 Å². The number of nitrogens with zero attached hydrogens (tertiary/aromatic N) is 4. The highest BCUT2D eigenvalue weighted by Gasteiger charge is 2.29. The van der Waals surface area contributed by atoms with Gasteiger partial charge in [0.25, 0.3) is 5.91 Å². The topological polar surface area (TPSA) is 58.6 Å². The van der Waals surface area contributed by atoms with E-state index >= 15 is 0 Å². The Hall–Kier alpha value is -1.21. The minimum Gasteiger partial charge on any atom is -0.365 e. The number of likely N-dealkylation sites (N-methyl/N-ethyl adjacent to an activating group) is 1. The molecule has 1 amide bonds. The Balaban J connectivity index is 2.06. The molecule has 1 atom stereocenters. The molecule has 0 bridgehead atoms. The van der Waals surface area contributed by atoms with Crippen molar-refractivity contribution in [3.05, 3.63) is 5.01 Å². The maximum Gasteiger partial charge on any atom is 0.253 e. The molecular formula is C12H20N4O2S. The van der Waals surface area contributed by atoms with Crippen molar-refractivity contribution in [1.82, 2.24) is 15.1 Å². The maximum absolute atomic E-state index is 11.9. The molecule has 1 aromatic rings. The average Bonchev–Trinajstić information content (AvgIpc) is 2.87. The van der Waals surface area contributed by atoms with Crippen molar-refractivity contribution in [1.29, 1.82) is 0 Å². The number of carbonyl (C=O) groups is 1. The highest BCUT2D eigenvalue weighted by molar-refractivity contribution is 7.15. The van der Waals surface area contributed by atoms with Crippen LogP contribution in [0, 0.1) is 0 Å². The molecule has 1 fully saturated rings. The van der Waals surface area contributed by atoms with E-state index in [2.05, 4.69) is 28.9 Å². The van der Waals surface area contributed by atoms with Crippen molar-refractivity contribution in [2.75, 3.05) is 38.7 Å². The molecule has 1 saturated heterocycles. The second kappa shape index (κ2) is 5.83. The van der Waals surface area contributed by atoms with Crippen molar-refractivity contribution >= 4 is 22.4 Å². The summed E-state index contributed by atoms with van der Waals surface area (Å²) in [6.45, 7) is 6.04. The summed E-state index contributed by atoms with van der Waals surface area (Å²) in [6, 6.07) is 0. The summed E-state index contributed by atoms with van der Waals surface area (Å²) < 4.78 is 5.53. The van der Waals surface area contributed by atoms with Gasteiger partial charge < -0.3 is 14.5 Å². The zero-order valence-corrected chi connectivity index (χ0v) is 12.6. The van der Waals surface area contributed by atoms with Crippen LogP contribution in [0.3, 0.4) is 0 Å². The van der Waals surface area contributed by atoms with Crippen LogP contribution in [-0.2, 0) is 9.53 Å². The Bertz CT molecular complexity index is 447. The molecule has 6 nitrogen and oxygen atoms in total. The van der Waals surface area contributed by atoms with Gasteiger partial charge in [0.2, 0.25) is 5.13 Å². The van der Waals surface area contributed by atoms with E-state index in [0.29, 0.717) is 19.1 Å². The molecule has 1 unspecified atom stereocenters. The number of carbonyl (C=O) groups excluding carboxylic acids is 1. The predicted molar refractivity (Wildman–Crippen MR) is 74.6 cm³/mol. The van der Waals surface area contributed by atoms with E-state index in [1.807, 2.05) is 0 Å². The number of anilines is 1. The van der Waals surface area contributed by atoms with Gasteiger partial charge in [0.05, 0.1) is 13.2 Å². The van der Waals surface area contributed by atoms with Crippen LogP contribution in [0.1, 0.15) is 24.8 Å².